The number of pyridine rings is 2. The number of hydrogen-bond donors (Lipinski definition) is 0. The molecule has 0 fully saturated rings. The van der Waals surface area contributed by atoms with Crippen LogP contribution in [0.15, 0.2) is 73.1 Å². The van der Waals surface area contributed by atoms with E-state index in [0.717, 1.165) is 17.5 Å². The third-order valence-corrected chi connectivity index (χ3v) is 4.32. The number of alkyl halides is 3. The number of aromatic nitrogens is 2. The molecule has 2 aromatic carbocycles. The van der Waals surface area contributed by atoms with E-state index in [1.165, 1.54) is 6.07 Å². The van der Waals surface area contributed by atoms with Crippen LogP contribution >= 0.6 is 0 Å². The fraction of sp³-hybridized carbons (Fsp3) is 0.0455. The summed E-state index contributed by atoms with van der Waals surface area (Å²) in [7, 11) is 0. The van der Waals surface area contributed by atoms with E-state index in [2.05, 4.69) is 9.97 Å². The van der Waals surface area contributed by atoms with Gasteiger partial charge >= 0.3 is 6.18 Å². The monoisotopic (exact) mass is 394 g/mol. The summed E-state index contributed by atoms with van der Waals surface area (Å²) >= 11 is 0. The number of fused-ring (bicyclic) bond motifs is 1. The van der Waals surface area contributed by atoms with E-state index in [1.807, 2.05) is 0 Å². The topological polar surface area (TPSA) is 52.1 Å². The van der Waals surface area contributed by atoms with Gasteiger partial charge in [-0.3, -0.25) is 9.78 Å². The molecule has 0 radical (unpaired) electrons. The lowest BCUT2D eigenvalue weighted by atomic mass is 10.0. The van der Waals surface area contributed by atoms with Gasteiger partial charge in [0.15, 0.2) is 0 Å². The van der Waals surface area contributed by atoms with Gasteiger partial charge in [-0.05, 0) is 35.9 Å². The molecule has 0 aliphatic rings. The lowest BCUT2D eigenvalue weighted by molar-refractivity contribution is -0.137. The van der Waals surface area contributed by atoms with Crippen molar-refractivity contribution < 1.29 is 22.7 Å². The van der Waals surface area contributed by atoms with Crippen molar-refractivity contribution in [2.75, 3.05) is 0 Å². The number of rotatable bonds is 4. The minimum absolute atomic E-state index is 0.0104. The van der Waals surface area contributed by atoms with Crippen LogP contribution < -0.4 is 4.74 Å². The van der Waals surface area contributed by atoms with Gasteiger partial charge in [0, 0.05) is 35.0 Å². The highest BCUT2D eigenvalue weighted by Gasteiger charge is 2.31. The molecule has 4 rings (SSSR count). The number of benzene rings is 2. The van der Waals surface area contributed by atoms with Crippen molar-refractivity contribution in [3.05, 3.63) is 84.2 Å². The van der Waals surface area contributed by atoms with Gasteiger partial charge in [-0.2, -0.15) is 13.2 Å². The lowest BCUT2D eigenvalue weighted by Crippen LogP contribution is -2.05. The fourth-order valence-corrected chi connectivity index (χ4v) is 2.92. The Bertz CT molecular complexity index is 1210. The summed E-state index contributed by atoms with van der Waals surface area (Å²) in [5.74, 6) is 0.139. The smallest absolute Gasteiger partial charge is 0.416 e. The van der Waals surface area contributed by atoms with Crippen molar-refractivity contribution >= 4 is 17.2 Å². The van der Waals surface area contributed by atoms with E-state index in [-0.39, 0.29) is 11.6 Å². The van der Waals surface area contributed by atoms with Crippen LogP contribution in [-0.2, 0) is 6.18 Å². The first-order chi connectivity index (χ1) is 13.9. The molecule has 0 spiro atoms. The molecule has 0 N–H and O–H groups in total. The zero-order chi connectivity index (χ0) is 20.4. The highest BCUT2D eigenvalue weighted by atomic mass is 19.4. The van der Waals surface area contributed by atoms with Crippen molar-refractivity contribution in [1.29, 1.82) is 0 Å². The molecule has 0 unspecified atom stereocenters. The molecule has 0 saturated heterocycles. The van der Waals surface area contributed by atoms with Crippen molar-refractivity contribution in [2.45, 2.75) is 6.18 Å². The second kappa shape index (κ2) is 7.35. The molecule has 29 heavy (non-hydrogen) atoms. The average Bonchev–Trinajstić information content (AvgIpc) is 2.73. The number of ether oxygens (including phenoxy) is 1. The summed E-state index contributed by atoms with van der Waals surface area (Å²) in [5.41, 5.74) is 1.15. The van der Waals surface area contributed by atoms with Gasteiger partial charge in [-0.1, -0.05) is 24.3 Å². The van der Waals surface area contributed by atoms with Gasteiger partial charge in [0.25, 0.3) is 0 Å². The Hall–Kier alpha value is -3.74. The Balaban J connectivity index is 1.82. The zero-order valence-electron chi connectivity index (χ0n) is 14.9. The van der Waals surface area contributed by atoms with Crippen LogP contribution in [-0.4, -0.2) is 16.3 Å². The predicted octanol–water partition coefficient (Wildman–Crippen LogP) is 5.92. The lowest BCUT2D eigenvalue weighted by Gasteiger charge is -2.15. The third kappa shape index (κ3) is 3.94. The summed E-state index contributed by atoms with van der Waals surface area (Å²) in [6.45, 7) is 0. The molecule has 0 saturated carbocycles. The third-order valence-electron chi connectivity index (χ3n) is 4.32. The van der Waals surface area contributed by atoms with Gasteiger partial charge in [-0.25, -0.2) is 4.98 Å². The molecule has 0 bridgehead atoms. The van der Waals surface area contributed by atoms with E-state index >= 15 is 0 Å². The van der Waals surface area contributed by atoms with Crippen LogP contribution in [0.5, 0.6) is 11.6 Å². The molecule has 144 valence electrons. The Kier molecular flexibility index (Phi) is 4.72. The largest absolute Gasteiger partial charge is 0.438 e. The minimum Gasteiger partial charge on any atom is -0.438 e. The zero-order valence-corrected chi connectivity index (χ0v) is 14.9. The summed E-state index contributed by atoms with van der Waals surface area (Å²) in [6.07, 6.45) is -0.650. The Labute approximate surface area is 163 Å². The first kappa shape index (κ1) is 18.6. The van der Waals surface area contributed by atoms with Gasteiger partial charge < -0.3 is 4.74 Å². The molecule has 4 aromatic rings. The van der Waals surface area contributed by atoms with E-state index in [1.54, 1.807) is 54.9 Å². The summed E-state index contributed by atoms with van der Waals surface area (Å²) in [4.78, 5) is 19.4. The molecule has 7 heteroatoms. The molecular weight excluding hydrogens is 381 g/mol. The van der Waals surface area contributed by atoms with E-state index in [9.17, 15) is 18.0 Å². The van der Waals surface area contributed by atoms with Crippen molar-refractivity contribution in [1.82, 2.24) is 9.97 Å². The first-order valence-electron chi connectivity index (χ1n) is 8.59. The molecule has 0 atom stereocenters. The van der Waals surface area contributed by atoms with E-state index in [4.69, 9.17) is 4.74 Å². The Morgan fingerprint density at radius 3 is 2.62 bits per heavy atom. The van der Waals surface area contributed by atoms with Gasteiger partial charge in [-0.15, -0.1) is 0 Å². The molecular formula is C22H13F3N2O2. The Morgan fingerprint density at radius 1 is 0.966 bits per heavy atom. The maximum Gasteiger partial charge on any atom is 0.416 e. The van der Waals surface area contributed by atoms with Crippen molar-refractivity contribution in [2.24, 2.45) is 0 Å². The van der Waals surface area contributed by atoms with E-state index in [0.29, 0.717) is 28.5 Å². The van der Waals surface area contributed by atoms with Crippen LogP contribution in [0.2, 0.25) is 0 Å². The van der Waals surface area contributed by atoms with E-state index < -0.39 is 11.7 Å². The predicted molar refractivity (Wildman–Crippen MR) is 102 cm³/mol. The van der Waals surface area contributed by atoms with Crippen LogP contribution in [0.25, 0.3) is 22.0 Å². The van der Waals surface area contributed by atoms with Crippen LogP contribution in [0.4, 0.5) is 13.2 Å². The number of nitrogens with zero attached hydrogens (tertiary/aromatic N) is 2. The van der Waals surface area contributed by atoms with Crippen LogP contribution in [0, 0.1) is 0 Å². The van der Waals surface area contributed by atoms with Gasteiger partial charge in [0.2, 0.25) is 5.88 Å². The standard InChI is InChI=1S/C22H13F3N2O2/c23-22(24,25)17-5-6-18(15-3-1-2-14(10-15)13-28)20(11-17)29-21-7-4-16-12-26-9-8-19(16)27-21/h1-13H. The number of hydrogen-bond acceptors (Lipinski definition) is 4. The number of aldehydes is 1. The highest BCUT2D eigenvalue weighted by Crippen LogP contribution is 2.39. The van der Waals surface area contributed by atoms with Crippen molar-refractivity contribution in [3.8, 4) is 22.8 Å². The summed E-state index contributed by atoms with van der Waals surface area (Å²) in [5, 5.41) is 0.780. The second-order valence-electron chi connectivity index (χ2n) is 6.27. The number of carbonyl (C=O) groups excluding carboxylic acids is 1. The minimum atomic E-state index is -4.52. The molecule has 0 aliphatic carbocycles. The molecule has 2 aromatic heterocycles. The van der Waals surface area contributed by atoms with Crippen LogP contribution in [0.3, 0.4) is 0 Å². The van der Waals surface area contributed by atoms with Crippen molar-refractivity contribution in [3.63, 3.8) is 0 Å². The van der Waals surface area contributed by atoms with Gasteiger partial charge in [0.05, 0.1) is 11.1 Å². The second-order valence-corrected chi connectivity index (χ2v) is 6.27. The molecule has 0 aliphatic heterocycles. The summed E-state index contributed by atoms with van der Waals surface area (Å²) < 4.78 is 45.5. The normalized spacial score (nSPS) is 11.4. The first-order valence-corrected chi connectivity index (χ1v) is 8.59. The molecule has 0 amide bonds. The number of carbonyl (C=O) groups is 1. The maximum atomic E-state index is 13.2. The maximum absolute atomic E-state index is 13.2. The highest BCUT2D eigenvalue weighted by molar-refractivity contribution is 5.81. The fourth-order valence-electron chi connectivity index (χ4n) is 2.92. The Morgan fingerprint density at radius 2 is 1.83 bits per heavy atom. The number of halogens is 3. The molecule has 4 nitrogen and oxygen atoms in total. The summed E-state index contributed by atoms with van der Waals surface area (Å²) in [6, 6.07) is 14.8. The average molecular weight is 394 g/mol. The van der Waals surface area contributed by atoms with Crippen LogP contribution in [0.1, 0.15) is 15.9 Å². The quantitative estimate of drug-likeness (QED) is 0.403. The SMILES string of the molecule is O=Cc1cccc(-c2ccc(C(F)(F)F)cc2Oc2ccc3cnccc3n2)c1. The van der Waals surface area contributed by atoms with Gasteiger partial charge in [0.1, 0.15) is 12.0 Å². The molecule has 2 heterocycles.